The summed E-state index contributed by atoms with van der Waals surface area (Å²) < 4.78 is 10.5. The number of para-hydroxylation sites is 1. The lowest BCUT2D eigenvalue weighted by Crippen LogP contribution is -2.46. The standard InChI is InChI=1S/C19H26N2O4/c1-13(2)15(11-14-7-4-5-8-17(14)24-3)21-19(23)20-12-16(22)18-9-6-10-25-18/h4-10,13,15-16,22H,11-12H2,1-3H3,(H2,20,21,23). The van der Waals surface area contributed by atoms with Crippen LogP contribution in [-0.2, 0) is 6.42 Å². The number of benzene rings is 1. The molecule has 2 amide bonds. The predicted molar refractivity (Wildman–Crippen MR) is 95.5 cm³/mol. The lowest BCUT2D eigenvalue weighted by atomic mass is 9.96. The van der Waals surface area contributed by atoms with Crippen LogP contribution in [0.3, 0.4) is 0 Å². The zero-order chi connectivity index (χ0) is 18.2. The highest BCUT2D eigenvalue weighted by atomic mass is 16.5. The number of hydrogen-bond acceptors (Lipinski definition) is 4. The van der Waals surface area contributed by atoms with Crippen LogP contribution in [0.2, 0.25) is 0 Å². The highest BCUT2D eigenvalue weighted by Crippen LogP contribution is 2.21. The van der Waals surface area contributed by atoms with Gasteiger partial charge in [-0.15, -0.1) is 0 Å². The minimum atomic E-state index is -0.868. The van der Waals surface area contributed by atoms with Crippen molar-refractivity contribution in [2.45, 2.75) is 32.4 Å². The van der Waals surface area contributed by atoms with E-state index in [1.165, 1.54) is 6.26 Å². The summed E-state index contributed by atoms with van der Waals surface area (Å²) in [7, 11) is 1.64. The molecule has 0 aliphatic carbocycles. The molecule has 0 saturated carbocycles. The van der Waals surface area contributed by atoms with Crippen LogP contribution in [-0.4, -0.2) is 30.8 Å². The Morgan fingerprint density at radius 1 is 1.24 bits per heavy atom. The number of carbonyl (C=O) groups is 1. The molecule has 1 heterocycles. The Balaban J connectivity index is 1.91. The Morgan fingerprint density at radius 3 is 2.64 bits per heavy atom. The second kappa shape index (κ2) is 9.13. The minimum Gasteiger partial charge on any atom is -0.496 e. The molecule has 1 aromatic heterocycles. The van der Waals surface area contributed by atoms with Gasteiger partial charge in [-0.3, -0.25) is 0 Å². The molecule has 2 aromatic rings. The fourth-order valence-electron chi connectivity index (χ4n) is 2.55. The van der Waals surface area contributed by atoms with Crippen LogP contribution < -0.4 is 15.4 Å². The van der Waals surface area contributed by atoms with Crippen molar-refractivity contribution in [2.75, 3.05) is 13.7 Å². The van der Waals surface area contributed by atoms with Crippen LogP contribution in [0.15, 0.2) is 47.1 Å². The summed E-state index contributed by atoms with van der Waals surface area (Å²) in [6, 6.07) is 10.8. The number of carbonyl (C=O) groups excluding carboxylic acids is 1. The molecule has 2 atom stereocenters. The van der Waals surface area contributed by atoms with Gasteiger partial charge in [0.05, 0.1) is 19.9 Å². The highest BCUT2D eigenvalue weighted by molar-refractivity contribution is 5.74. The van der Waals surface area contributed by atoms with Crippen LogP contribution >= 0.6 is 0 Å². The van der Waals surface area contributed by atoms with E-state index in [0.29, 0.717) is 12.2 Å². The minimum absolute atomic E-state index is 0.0583. The van der Waals surface area contributed by atoms with E-state index in [1.54, 1.807) is 19.2 Å². The zero-order valence-corrected chi connectivity index (χ0v) is 14.9. The van der Waals surface area contributed by atoms with Crippen molar-refractivity contribution in [3.05, 3.63) is 54.0 Å². The Kier molecular flexibility index (Phi) is 6.89. The molecule has 136 valence electrons. The van der Waals surface area contributed by atoms with Gasteiger partial charge in [0.1, 0.15) is 17.6 Å². The molecule has 0 fully saturated rings. The Bertz CT molecular complexity index is 655. The Hall–Kier alpha value is -2.47. The number of aliphatic hydroxyl groups is 1. The summed E-state index contributed by atoms with van der Waals surface area (Å²) in [5, 5.41) is 15.6. The van der Waals surface area contributed by atoms with Crippen LogP contribution in [0, 0.1) is 5.92 Å². The number of amides is 2. The number of nitrogens with one attached hydrogen (secondary N) is 2. The molecule has 6 nitrogen and oxygen atoms in total. The van der Waals surface area contributed by atoms with Gasteiger partial charge in [0.2, 0.25) is 0 Å². The van der Waals surface area contributed by atoms with Crippen molar-refractivity contribution >= 4 is 6.03 Å². The summed E-state index contributed by atoms with van der Waals surface area (Å²) in [6.45, 7) is 4.19. The molecule has 2 rings (SSSR count). The molecular weight excluding hydrogens is 320 g/mol. The number of aliphatic hydroxyl groups excluding tert-OH is 1. The first kappa shape index (κ1) is 18.9. The molecule has 0 spiro atoms. The molecule has 6 heteroatoms. The molecule has 1 aromatic carbocycles. The van der Waals surface area contributed by atoms with E-state index >= 15 is 0 Å². The van der Waals surface area contributed by atoms with Crippen LogP contribution in [0.25, 0.3) is 0 Å². The second-order valence-electron chi connectivity index (χ2n) is 6.25. The summed E-state index contributed by atoms with van der Waals surface area (Å²) in [6.07, 6.45) is 1.28. The summed E-state index contributed by atoms with van der Waals surface area (Å²) in [5.74, 6) is 1.48. The number of hydrogen-bond donors (Lipinski definition) is 3. The Morgan fingerprint density at radius 2 is 2.00 bits per heavy atom. The van der Waals surface area contributed by atoms with Gasteiger partial charge >= 0.3 is 6.03 Å². The predicted octanol–water partition coefficient (Wildman–Crippen LogP) is 2.89. The molecular formula is C19H26N2O4. The SMILES string of the molecule is COc1ccccc1CC(NC(=O)NCC(O)c1ccco1)C(C)C. The van der Waals surface area contributed by atoms with Crippen molar-refractivity contribution in [3.8, 4) is 5.75 Å². The molecule has 0 radical (unpaired) electrons. The van der Waals surface area contributed by atoms with E-state index in [1.807, 2.05) is 24.3 Å². The third kappa shape index (κ3) is 5.53. The fraction of sp³-hybridized carbons (Fsp3) is 0.421. The van der Waals surface area contributed by atoms with Crippen molar-refractivity contribution in [2.24, 2.45) is 5.92 Å². The number of urea groups is 1. The molecule has 0 aliphatic heterocycles. The average Bonchev–Trinajstić information content (AvgIpc) is 3.14. The van der Waals surface area contributed by atoms with E-state index < -0.39 is 6.10 Å². The quantitative estimate of drug-likeness (QED) is 0.686. The molecule has 3 N–H and O–H groups in total. The molecule has 0 saturated heterocycles. The van der Waals surface area contributed by atoms with E-state index in [0.717, 1.165) is 11.3 Å². The van der Waals surface area contributed by atoms with Gasteiger partial charge in [-0.1, -0.05) is 32.0 Å². The fourth-order valence-corrected chi connectivity index (χ4v) is 2.55. The van der Waals surface area contributed by atoms with Crippen molar-refractivity contribution < 1.29 is 19.1 Å². The number of furan rings is 1. The maximum atomic E-state index is 12.2. The van der Waals surface area contributed by atoms with Gasteiger partial charge in [-0.05, 0) is 36.1 Å². The van der Waals surface area contributed by atoms with Gasteiger partial charge < -0.3 is 24.9 Å². The monoisotopic (exact) mass is 346 g/mol. The van der Waals surface area contributed by atoms with E-state index in [9.17, 15) is 9.90 Å². The van der Waals surface area contributed by atoms with Gasteiger partial charge in [0.25, 0.3) is 0 Å². The summed E-state index contributed by atoms with van der Waals surface area (Å²) >= 11 is 0. The largest absolute Gasteiger partial charge is 0.496 e. The van der Waals surface area contributed by atoms with Gasteiger partial charge in [-0.2, -0.15) is 0 Å². The zero-order valence-electron chi connectivity index (χ0n) is 14.9. The van der Waals surface area contributed by atoms with E-state index in [-0.39, 0.29) is 24.5 Å². The summed E-state index contributed by atoms with van der Waals surface area (Å²) in [4.78, 5) is 12.2. The van der Waals surface area contributed by atoms with Gasteiger partial charge in [0.15, 0.2) is 0 Å². The maximum Gasteiger partial charge on any atom is 0.315 e. The first-order valence-electron chi connectivity index (χ1n) is 8.39. The third-order valence-corrected chi connectivity index (χ3v) is 4.08. The number of methoxy groups -OCH3 is 1. The topological polar surface area (TPSA) is 83.7 Å². The van der Waals surface area contributed by atoms with Crippen LogP contribution in [0.4, 0.5) is 4.79 Å². The van der Waals surface area contributed by atoms with Gasteiger partial charge in [0, 0.05) is 6.04 Å². The average molecular weight is 346 g/mol. The second-order valence-corrected chi connectivity index (χ2v) is 6.25. The maximum absolute atomic E-state index is 12.2. The smallest absolute Gasteiger partial charge is 0.315 e. The summed E-state index contributed by atoms with van der Waals surface area (Å²) in [5.41, 5.74) is 1.04. The van der Waals surface area contributed by atoms with Crippen molar-refractivity contribution in [1.82, 2.24) is 10.6 Å². The highest BCUT2D eigenvalue weighted by Gasteiger charge is 2.19. The van der Waals surface area contributed by atoms with Crippen molar-refractivity contribution in [1.29, 1.82) is 0 Å². The lowest BCUT2D eigenvalue weighted by Gasteiger charge is -2.24. The lowest BCUT2D eigenvalue weighted by molar-refractivity contribution is 0.147. The van der Waals surface area contributed by atoms with Gasteiger partial charge in [-0.25, -0.2) is 4.79 Å². The molecule has 0 bridgehead atoms. The number of ether oxygens (including phenoxy) is 1. The first-order chi connectivity index (χ1) is 12.0. The van der Waals surface area contributed by atoms with Crippen molar-refractivity contribution in [3.63, 3.8) is 0 Å². The third-order valence-electron chi connectivity index (χ3n) is 4.08. The van der Waals surface area contributed by atoms with E-state index in [4.69, 9.17) is 9.15 Å². The van der Waals surface area contributed by atoms with Crippen LogP contribution in [0.1, 0.15) is 31.3 Å². The molecule has 0 aliphatic rings. The number of rotatable bonds is 8. The van der Waals surface area contributed by atoms with Crippen LogP contribution in [0.5, 0.6) is 5.75 Å². The van der Waals surface area contributed by atoms with E-state index in [2.05, 4.69) is 24.5 Å². The first-order valence-corrected chi connectivity index (χ1v) is 8.39. The molecule has 2 unspecified atom stereocenters. The Labute approximate surface area is 148 Å². The molecule has 25 heavy (non-hydrogen) atoms. The normalized spacial score (nSPS) is 13.3.